The highest BCUT2D eigenvalue weighted by atomic mass is 79.9. The molecule has 1 unspecified atom stereocenters. The molecule has 1 atom stereocenters. The molecular formula is C14H18BrNO. The fourth-order valence-electron chi connectivity index (χ4n) is 2.21. The van der Waals surface area contributed by atoms with Gasteiger partial charge >= 0.3 is 0 Å². The van der Waals surface area contributed by atoms with Crippen molar-refractivity contribution in [3.63, 3.8) is 0 Å². The second kappa shape index (κ2) is 5.67. The maximum atomic E-state index is 11.8. The predicted octanol–water partition coefficient (Wildman–Crippen LogP) is 2.99. The number of hydrogen-bond donors (Lipinski definition) is 0. The zero-order chi connectivity index (χ0) is 12.3. The van der Waals surface area contributed by atoms with Crippen molar-refractivity contribution in [3.05, 3.63) is 35.4 Å². The lowest BCUT2D eigenvalue weighted by Crippen LogP contribution is -2.24. The van der Waals surface area contributed by atoms with E-state index in [2.05, 4.69) is 47.1 Å². The van der Waals surface area contributed by atoms with Crippen LogP contribution in [0.3, 0.4) is 0 Å². The van der Waals surface area contributed by atoms with Gasteiger partial charge in [-0.3, -0.25) is 4.79 Å². The highest BCUT2D eigenvalue weighted by Crippen LogP contribution is 2.21. The summed E-state index contributed by atoms with van der Waals surface area (Å²) in [4.78, 5) is 13.7. The van der Waals surface area contributed by atoms with Crippen molar-refractivity contribution in [3.8, 4) is 0 Å². The van der Waals surface area contributed by atoms with E-state index in [-0.39, 0.29) is 5.91 Å². The van der Waals surface area contributed by atoms with E-state index in [1.807, 2.05) is 4.90 Å². The SMILES string of the molecule is CCc1ccc(CN2CC(CBr)CC2=O)cc1. The highest BCUT2D eigenvalue weighted by molar-refractivity contribution is 9.09. The first kappa shape index (κ1) is 12.6. The average Bonchev–Trinajstić information content (AvgIpc) is 2.71. The molecule has 2 rings (SSSR count). The summed E-state index contributed by atoms with van der Waals surface area (Å²) >= 11 is 3.46. The third-order valence-corrected chi connectivity index (χ3v) is 4.23. The Morgan fingerprint density at radius 3 is 2.47 bits per heavy atom. The lowest BCUT2D eigenvalue weighted by molar-refractivity contribution is -0.128. The summed E-state index contributed by atoms with van der Waals surface area (Å²) in [5.74, 6) is 0.770. The largest absolute Gasteiger partial charge is 0.338 e. The second-order valence-corrected chi connectivity index (χ2v) is 5.32. The molecule has 1 saturated heterocycles. The van der Waals surface area contributed by atoms with E-state index in [0.29, 0.717) is 12.3 Å². The number of rotatable bonds is 4. The van der Waals surface area contributed by atoms with Crippen LogP contribution in [-0.4, -0.2) is 22.7 Å². The third kappa shape index (κ3) is 3.09. The molecule has 1 heterocycles. The molecule has 0 spiro atoms. The molecule has 1 amide bonds. The number of benzene rings is 1. The Kier molecular flexibility index (Phi) is 4.21. The van der Waals surface area contributed by atoms with Crippen LogP contribution in [0.5, 0.6) is 0 Å². The van der Waals surface area contributed by atoms with E-state index < -0.39 is 0 Å². The van der Waals surface area contributed by atoms with E-state index in [9.17, 15) is 4.79 Å². The van der Waals surface area contributed by atoms with Crippen LogP contribution >= 0.6 is 15.9 Å². The molecule has 1 aliphatic rings. The van der Waals surface area contributed by atoms with Gasteiger partial charge in [0.05, 0.1) is 0 Å². The molecule has 3 heteroatoms. The number of halogens is 1. The van der Waals surface area contributed by atoms with Crippen LogP contribution in [0.2, 0.25) is 0 Å². The number of aryl methyl sites for hydroxylation is 1. The molecule has 92 valence electrons. The fourth-order valence-corrected chi connectivity index (χ4v) is 2.64. The lowest BCUT2D eigenvalue weighted by Gasteiger charge is -2.16. The molecular weight excluding hydrogens is 278 g/mol. The molecule has 2 nitrogen and oxygen atoms in total. The van der Waals surface area contributed by atoms with Crippen LogP contribution in [0, 0.1) is 5.92 Å². The number of alkyl halides is 1. The second-order valence-electron chi connectivity index (χ2n) is 4.67. The standard InChI is InChI=1S/C14H18BrNO/c1-2-11-3-5-12(6-4-11)9-16-10-13(8-15)7-14(16)17/h3-6,13H,2,7-10H2,1H3. The molecule has 17 heavy (non-hydrogen) atoms. The van der Waals surface area contributed by atoms with Crippen LogP contribution in [0.4, 0.5) is 0 Å². The Balaban J connectivity index is 1.98. The van der Waals surface area contributed by atoms with Crippen molar-refractivity contribution < 1.29 is 4.79 Å². The molecule has 0 bridgehead atoms. The Labute approximate surface area is 111 Å². The van der Waals surface area contributed by atoms with Crippen molar-refractivity contribution in [1.29, 1.82) is 0 Å². The quantitative estimate of drug-likeness (QED) is 0.782. The van der Waals surface area contributed by atoms with Crippen molar-refractivity contribution in [1.82, 2.24) is 4.90 Å². The van der Waals surface area contributed by atoms with Crippen molar-refractivity contribution in [2.45, 2.75) is 26.3 Å². The van der Waals surface area contributed by atoms with Crippen LogP contribution in [-0.2, 0) is 17.8 Å². The summed E-state index contributed by atoms with van der Waals surface area (Å²) in [7, 11) is 0. The van der Waals surface area contributed by atoms with Gasteiger partial charge in [-0.15, -0.1) is 0 Å². The maximum absolute atomic E-state index is 11.8. The summed E-state index contributed by atoms with van der Waals surface area (Å²) in [5.41, 5.74) is 2.57. The van der Waals surface area contributed by atoms with Gasteiger partial charge in [0.15, 0.2) is 0 Å². The molecule has 1 aromatic carbocycles. The Morgan fingerprint density at radius 1 is 1.29 bits per heavy atom. The van der Waals surface area contributed by atoms with Gasteiger partial charge < -0.3 is 4.90 Å². The zero-order valence-electron chi connectivity index (χ0n) is 10.2. The van der Waals surface area contributed by atoms with E-state index >= 15 is 0 Å². The van der Waals surface area contributed by atoms with Crippen molar-refractivity contribution >= 4 is 21.8 Å². The zero-order valence-corrected chi connectivity index (χ0v) is 11.7. The molecule has 0 aliphatic carbocycles. The van der Waals surface area contributed by atoms with E-state index in [1.165, 1.54) is 11.1 Å². The first-order valence-corrected chi connectivity index (χ1v) is 7.26. The smallest absolute Gasteiger partial charge is 0.223 e. The molecule has 0 radical (unpaired) electrons. The summed E-state index contributed by atoms with van der Waals surface area (Å²) < 4.78 is 0. The van der Waals surface area contributed by atoms with Gasteiger partial charge in [0, 0.05) is 24.8 Å². The van der Waals surface area contributed by atoms with Gasteiger partial charge in [-0.1, -0.05) is 47.1 Å². The number of carbonyl (C=O) groups is 1. The number of carbonyl (C=O) groups excluding carboxylic acids is 1. The summed E-state index contributed by atoms with van der Waals surface area (Å²) in [6.07, 6.45) is 1.76. The molecule has 1 aliphatic heterocycles. The van der Waals surface area contributed by atoms with Crippen molar-refractivity contribution in [2.24, 2.45) is 5.92 Å². The van der Waals surface area contributed by atoms with Gasteiger partial charge in [0.1, 0.15) is 0 Å². The van der Waals surface area contributed by atoms with Gasteiger partial charge in [-0.05, 0) is 23.5 Å². The van der Waals surface area contributed by atoms with E-state index in [1.54, 1.807) is 0 Å². The van der Waals surface area contributed by atoms with Crippen molar-refractivity contribution in [2.75, 3.05) is 11.9 Å². The summed E-state index contributed by atoms with van der Waals surface area (Å²) in [5, 5.41) is 0.921. The first-order chi connectivity index (χ1) is 8.22. The normalized spacial score (nSPS) is 20.0. The lowest BCUT2D eigenvalue weighted by atomic mass is 10.1. The topological polar surface area (TPSA) is 20.3 Å². The van der Waals surface area contributed by atoms with Crippen LogP contribution in [0.1, 0.15) is 24.5 Å². The van der Waals surface area contributed by atoms with E-state index in [0.717, 1.165) is 24.8 Å². The van der Waals surface area contributed by atoms with Crippen LogP contribution in [0.15, 0.2) is 24.3 Å². The highest BCUT2D eigenvalue weighted by Gasteiger charge is 2.28. The molecule has 1 aromatic rings. The average molecular weight is 296 g/mol. The number of amides is 1. The number of likely N-dealkylation sites (tertiary alicyclic amines) is 1. The minimum atomic E-state index is 0.286. The predicted molar refractivity (Wildman–Crippen MR) is 73.1 cm³/mol. The van der Waals surface area contributed by atoms with Gasteiger partial charge in [-0.25, -0.2) is 0 Å². The van der Waals surface area contributed by atoms with Gasteiger partial charge in [-0.2, -0.15) is 0 Å². The molecule has 0 aromatic heterocycles. The maximum Gasteiger partial charge on any atom is 0.223 e. The van der Waals surface area contributed by atoms with Gasteiger partial charge in [0.2, 0.25) is 5.91 Å². The Hall–Kier alpha value is -0.830. The minimum Gasteiger partial charge on any atom is -0.338 e. The molecule has 0 N–H and O–H groups in total. The Bertz CT molecular complexity index is 388. The number of hydrogen-bond acceptors (Lipinski definition) is 1. The van der Waals surface area contributed by atoms with Crippen LogP contribution < -0.4 is 0 Å². The van der Waals surface area contributed by atoms with E-state index in [4.69, 9.17) is 0 Å². The van der Waals surface area contributed by atoms with Crippen LogP contribution in [0.25, 0.3) is 0 Å². The summed E-state index contributed by atoms with van der Waals surface area (Å²) in [6.45, 7) is 3.80. The first-order valence-electron chi connectivity index (χ1n) is 6.14. The minimum absolute atomic E-state index is 0.286. The number of nitrogens with zero attached hydrogens (tertiary/aromatic N) is 1. The third-order valence-electron chi connectivity index (χ3n) is 3.32. The summed E-state index contributed by atoms with van der Waals surface area (Å²) in [6, 6.07) is 8.57. The fraction of sp³-hybridized carbons (Fsp3) is 0.500. The Morgan fingerprint density at radius 2 is 1.94 bits per heavy atom. The molecule has 1 fully saturated rings. The molecule has 0 saturated carbocycles. The van der Waals surface area contributed by atoms with Gasteiger partial charge in [0.25, 0.3) is 0 Å². The monoisotopic (exact) mass is 295 g/mol.